The first kappa shape index (κ1) is 24.3. The number of carbonyl (C=O) groups excluding carboxylic acids is 1. The zero-order valence-electron chi connectivity index (χ0n) is 20.9. The van der Waals surface area contributed by atoms with E-state index >= 15 is 0 Å². The molecule has 1 saturated carbocycles. The highest BCUT2D eigenvalue weighted by atomic mass is 16.2. The molecule has 0 spiro atoms. The minimum absolute atomic E-state index is 0.0480. The maximum absolute atomic E-state index is 12.5. The van der Waals surface area contributed by atoms with Crippen LogP contribution in [-0.4, -0.2) is 97.9 Å². The minimum Gasteiger partial charge on any atom is -0.337 e. The first-order valence-corrected chi connectivity index (χ1v) is 14.1. The highest BCUT2D eigenvalue weighted by Crippen LogP contribution is 2.36. The topological polar surface area (TPSA) is 86.7 Å². The maximum Gasteiger partial charge on any atom is 0.315 e. The summed E-state index contributed by atoms with van der Waals surface area (Å²) >= 11 is 0. The van der Waals surface area contributed by atoms with E-state index in [-0.39, 0.29) is 18.0 Å². The summed E-state index contributed by atoms with van der Waals surface area (Å²) in [5, 5.41) is 19.2. The van der Waals surface area contributed by atoms with E-state index in [1.54, 1.807) is 0 Å². The van der Waals surface area contributed by atoms with E-state index in [0.29, 0.717) is 12.2 Å². The van der Waals surface area contributed by atoms with Crippen LogP contribution in [0.3, 0.4) is 0 Å². The van der Waals surface area contributed by atoms with E-state index in [1.165, 1.54) is 84.5 Å². The highest BCUT2D eigenvalue weighted by Gasteiger charge is 2.41. The fraction of sp³-hybridized carbons (Fsp3) is 0.923. The summed E-state index contributed by atoms with van der Waals surface area (Å²) in [6.07, 6.45) is 11.0. The van der Waals surface area contributed by atoms with E-state index in [0.717, 1.165) is 44.1 Å². The fourth-order valence-corrected chi connectivity index (χ4v) is 7.29. The number of hydrogen-bond acceptors (Lipinski definition) is 6. The van der Waals surface area contributed by atoms with Gasteiger partial charge in [0, 0.05) is 63.8 Å². The molecule has 0 aromatic rings. The van der Waals surface area contributed by atoms with Crippen molar-refractivity contribution in [3.05, 3.63) is 0 Å². The molecule has 6 aliphatic rings. The van der Waals surface area contributed by atoms with Crippen LogP contribution in [0.5, 0.6) is 0 Å². The number of piperidine rings is 4. The second kappa shape index (κ2) is 11.6. The normalized spacial score (nSPS) is 39.3. The van der Waals surface area contributed by atoms with Gasteiger partial charge in [-0.2, -0.15) is 5.26 Å². The Morgan fingerprint density at radius 2 is 1.85 bits per heavy atom. The summed E-state index contributed by atoms with van der Waals surface area (Å²) in [7, 11) is 0. The highest BCUT2D eigenvalue weighted by molar-refractivity contribution is 5.74. The van der Waals surface area contributed by atoms with Crippen LogP contribution < -0.4 is 16.0 Å². The summed E-state index contributed by atoms with van der Waals surface area (Å²) in [6.45, 7) is 10.4. The summed E-state index contributed by atoms with van der Waals surface area (Å²) in [6, 6.07) is 2.96. The molecule has 5 aliphatic heterocycles. The fourth-order valence-electron chi connectivity index (χ4n) is 7.29. The van der Waals surface area contributed by atoms with Crippen molar-refractivity contribution in [2.45, 2.75) is 76.0 Å². The van der Waals surface area contributed by atoms with Crippen LogP contribution in [-0.2, 0) is 0 Å². The van der Waals surface area contributed by atoms with Crippen LogP contribution in [0.4, 0.5) is 4.79 Å². The summed E-state index contributed by atoms with van der Waals surface area (Å²) < 4.78 is 0. The Balaban J connectivity index is 1.01. The lowest BCUT2D eigenvalue weighted by atomic mass is 9.75. The molecule has 0 aromatic heterocycles. The number of rotatable bonds is 6. The lowest BCUT2D eigenvalue weighted by Crippen LogP contribution is -2.60. The van der Waals surface area contributed by atoms with Crippen LogP contribution in [0.1, 0.15) is 57.8 Å². The number of hydrogen-bond donors (Lipinski definition) is 3. The van der Waals surface area contributed by atoms with E-state index in [9.17, 15) is 10.1 Å². The molecule has 190 valence electrons. The molecule has 7 atom stereocenters. The number of nitrogens with zero attached hydrogens (tertiary/aromatic N) is 4. The van der Waals surface area contributed by atoms with Gasteiger partial charge in [-0.05, 0) is 76.3 Å². The zero-order valence-corrected chi connectivity index (χ0v) is 20.9. The van der Waals surface area contributed by atoms with E-state index in [2.05, 4.69) is 36.7 Å². The number of amides is 2. The van der Waals surface area contributed by atoms with Crippen molar-refractivity contribution >= 4 is 6.03 Å². The molecule has 0 aromatic carbocycles. The maximum atomic E-state index is 12.5. The van der Waals surface area contributed by atoms with Crippen molar-refractivity contribution in [3.8, 4) is 6.07 Å². The van der Waals surface area contributed by atoms with Crippen LogP contribution in [0.15, 0.2) is 0 Å². The molecule has 7 unspecified atom stereocenters. The molecule has 8 nitrogen and oxygen atoms in total. The molecular formula is C26H45N7O. The van der Waals surface area contributed by atoms with Crippen molar-refractivity contribution in [2.75, 3.05) is 58.9 Å². The SMILES string of the molecule is N#CC1CCCC(NC(=O)NCC2CC3CCN2CC3CN2CCN(C3CCCCN3)CC2)C1. The molecule has 6 rings (SSSR count). The van der Waals surface area contributed by atoms with Crippen LogP contribution >= 0.6 is 0 Å². The van der Waals surface area contributed by atoms with Gasteiger partial charge in [0.25, 0.3) is 0 Å². The van der Waals surface area contributed by atoms with Gasteiger partial charge in [-0.3, -0.25) is 9.80 Å². The Kier molecular flexibility index (Phi) is 8.26. The van der Waals surface area contributed by atoms with Crippen molar-refractivity contribution in [3.63, 3.8) is 0 Å². The van der Waals surface area contributed by atoms with Crippen molar-refractivity contribution in [1.82, 2.24) is 30.7 Å². The third-order valence-corrected chi connectivity index (χ3v) is 9.33. The standard InChI is InChI=1S/C26H45N7O/c27-16-20-4-3-5-23(14-20)30-26(34)29-17-24-15-21-7-9-33(24)19-22(21)18-31-10-12-32(13-11-31)25-6-1-2-8-28-25/h20-25,28H,1-15,17-19H2,(H2,29,30,34). The van der Waals surface area contributed by atoms with Gasteiger partial charge < -0.3 is 20.9 Å². The predicted molar refractivity (Wildman–Crippen MR) is 133 cm³/mol. The minimum atomic E-state index is -0.0480. The molecule has 2 bridgehead atoms. The van der Waals surface area contributed by atoms with Crippen LogP contribution in [0.25, 0.3) is 0 Å². The van der Waals surface area contributed by atoms with Crippen molar-refractivity contribution in [1.29, 1.82) is 5.26 Å². The van der Waals surface area contributed by atoms with Crippen LogP contribution in [0.2, 0.25) is 0 Å². The zero-order chi connectivity index (χ0) is 23.3. The molecule has 6 fully saturated rings. The molecule has 3 N–H and O–H groups in total. The lowest BCUT2D eigenvalue weighted by molar-refractivity contribution is -0.0205. The van der Waals surface area contributed by atoms with Crippen LogP contribution in [0, 0.1) is 29.1 Å². The Labute approximate surface area is 205 Å². The summed E-state index contributed by atoms with van der Waals surface area (Å²) in [5.74, 6) is 1.68. The number of urea groups is 1. The van der Waals surface area contributed by atoms with Gasteiger partial charge in [0.15, 0.2) is 0 Å². The van der Waals surface area contributed by atoms with Crippen molar-refractivity contribution < 1.29 is 4.79 Å². The first-order valence-electron chi connectivity index (χ1n) is 14.1. The van der Waals surface area contributed by atoms with E-state index in [4.69, 9.17) is 0 Å². The molecule has 2 amide bonds. The Morgan fingerprint density at radius 3 is 2.59 bits per heavy atom. The summed E-state index contributed by atoms with van der Waals surface area (Å²) in [4.78, 5) is 20.5. The summed E-state index contributed by atoms with van der Waals surface area (Å²) in [5.41, 5.74) is 0. The third kappa shape index (κ3) is 6.04. The average Bonchev–Trinajstić information content (AvgIpc) is 2.89. The molecular weight excluding hydrogens is 426 g/mol. The largest absolute Gasteiger partial charge is 0.337 e. The molecule has 34 heavy (non-hydrogen) atoms. The predicted octanol–water partition coefficient (Wildman–Crippen LogP) is 1.80. The van der Waals surface area contributed by atoms with E-state index < -0.39 is 0 Å². The number of carbonyl (C=O) groups is 1. The Morgan fingerprint density at radius 1 is 0.971 bits per heavy atom. The van der Waals surface area contributed by atoms with E-state index in [1.807, 2.05) is 0 Å². The monoisotopic (exact) mass is 471 g/mol. The van der Waals surface area contributed by atoms with Crippen molar-refractivity contribution in [2.24, 2.45) is 17.8 Å². The second-order valence-electron chi connectivity index (χ2n) is 11.5. The number of nitriles is 1. The molecule has 0 radical (unpaired) electrons. The van der Waals surface area contributed by atoms with Gasteiger partial charge in [0.1, 0.15) is 0 Å². The number of nitrogens with one attached hydrogen (secondary N) is 3. The third-order valence-electron chi connectivity index (χ3n) is 9.33. The molecule has 5 heterocycles. The van der Waals surface area contributed by atoms with Gasteiger partial charge >= 0.3 is 6.03 Å². The molecule has 1 aliphatic carbocycles. The number of fused-ring (bicyclic) bond motifs is 3. The van der Waals surface area contributed by atoms with Gasteiger partial charge in [-0.25, -0.2) is 4.79 Å². The Hall–Kier alpha value is -1.40. The quantitative estimate of drug-likeness (QED) is 0.548. The van der Waals surface area contributed by atoms with Gasteiger partial charge in [-0.15, -0.1) is 0 Å². The first-order chi connectivity index (χ1) is 16.7. The molecule has 5 saturated heterocycles. The second-order valence-corrected chi connectivity index (χ2v) is 11.5. The number of piperazine rings is 1. The van der Waals surface area contributed by atoms with Gasteiger partial charge in [-0.1, -0.05) is 6.42 Å². The van der Waals surface area contributed by atoms with Gasteiger partial charge in [0.05, 0.1) is 12.2 Å². The smallest absolute Gasteiger partial charge is 0.315 e. The molecule has 8 heteroatoms. The Bertz CT molecular complexity index is 712. The lowest BCUT2D eigenvalue weighted by Gasteiger charge is -2.51. The van der Waals surface area contributed by atoms with Gasteiger partial charge in [0.2, 0.25) is 0 Å². The average molecular weight is 472 g/mol.